The van der Waals surface area contributed by atoms with Crippen LogP contribution in [0.5, 0.6) is 0 Å². The highest BCUT2D eigenvalue weighted by molar-refractivity contribution is 9.10. The van der Waals surface area contributed by atoms with E-state index in [9.17, 15) is 12.8 Å². The Morgan fingerprint density at radius 1 is 1.43 bits per heavy atom. The lowest BCUT2D eigenvalue weighted by Crippen LogP contribution is -2.24. The fourth-order valence-corrected chi connectivity index (χ4v) is 2.41. The van der Waals surface area contributed by atoms with Crippen LogP contribution in [0.25, 0.3) is 0 Å². The lowest BCUT2D eigenvalue weighted by molar-refractivity contribution is 0.302. The third-order valence-corrected chi connectivity index (χ3v) is 3.96. The predicted molar refractivity (Wildman–Crippen MR) is 86.2 cm³/mol. The third kappa shape index (κ3) is 4.81. The van der Waals surface area contributed by atoms with Crippen molar-refractivity contribution in [2.24, 2.45) is 4.99 Å². The zero-order valence-corrected chi connectivity index (χ0v) is 14.6. The summed E-state index contributed by atoms with van der Waals surface area (Å²) in [6.45, 7) is -0.0918. The molecule has 1 aromatic carbocycles. The fourth-order valence-electron chi connectivity index (χ4n) is 1.63. The topological polar surface area (TPSA) is 109 Å². The molecule has 0 aliphatic heterocycles. The first kappa shape index (κ1) is 17.5. The number of rotatable bonds is 5. The zero-order valence-electron chi connectivity index (χ0n) is 12.2. The van der Waals surface area contributed by atoms with Crippen LogP contribution in [0.15, 0.2) is 32.3 Å². The molecule has 2 aromatic rings. The monoisotopic (exact) mass is 405 g/mol. The van der Waals surface area contributed by atoms with Gasteiger partial charge in [-0.15, -0.1) is 0 Å². The van der Waals surface area contributed by atoms with Crippen molar-refractivity contribution in [2.45, 2.75) is 6.54 Å². The minimum atomic E-state index is -3.39. The van der Waals surface area contributed by atoms with Gasteiger partial charge in [0.05, 0.1) is 17.3 Å². The van der Waals surface area contributed by atoms with Crippen molar-refractivity contribution >= 4 is 37.5 Å². The third-order valence-electron chi connectivity index (χ3n) is 2.69. The first-order chi connectivity index (χ1) is 10.8. The molecule has 0 saturated carbocycles. The Morgan fingerprint density at radius 3 is 2.78 bits per heavy atom. The number of anilines is 1. The molecule has 11 heteroatoms. The SMILES string of the molecule is CN=C(Nc1ccc(F)c(Br)c1)c1nonc1CNS(C)(=O)=O. The lowest BCUT2D eigenvalue weighted by Gasteiger charge is -2.08. The van der Waals surface area contributed by atoms with Gasteiger partial charge in [0, 0.05) is 12.7 Å². The second-order valence-electron chi connectivity index (χ2n) is 4.48. The molecule has 2 N–H and O–H groups in total. The second kappa shape index (κ2) is 7.15. The van der Waals surface area contributed by atoms with Crippen LogP contribution in [0.1, 0.15) is 11.4 Å². The molecule has 1 heterocycles. The number of hydrogen-bond donors (Lipinski definition) is 2. The molecule has 23 heavy (non-hydrogen) atoms. The molecule has 0 radical (unpaired) electrons. The maximum absolute atomic E-state index is 13.3. The van der Waals surface area contributed by atoms with Crippen molar-refractivity contribution in [1.29, 1.82) is 0 Å². The minimum Gasteiger partial charge on any atom is -0.339 e. The van der Waals surface area contributed by atoms with Crippen LogP contribution in [0.3, 0.4) is 0 Å². The van der Waals surface area contributed by atoms with Crippen LogP contribution in [-0.4, -0.2) is 37.9 Å². The Labute approximate surface area is 140 Å². The number of halogens is 2. The van der Waals surface area contributed by atoms with E-state index in [1.807, 2.05) is 0 Å². The standard InChI is InChI=1S/C12H13BrFN5O3S/c1-15-12(17-7-3-4-9(14)8(13)5-7)11-10(18-22-19-11)6-16-23(2,20)21/h3-5,16H,6H2,1-2H3,(H,15,17). The molecule has 0 fully saturated rings. The number of aliphatic imine (C=N–C) groups is 1. The summed E-state index contributed by atoms with van der Waals surface area (Å²) < 4.78 is 42.8. The van der Waals surface area contributed by atoms with Crippen LogP contribution in [0.2, 0.25) is 0 Å². The molecule has 124 valence electrons. The molecule has 0 amide bonds. The van der Waals surface area contributed by atoms with Crippen LogP contribution in [0, 0.1) is 5.82 Å². The van der Waals surface area contributed by atoms with Gasteiger partial charge in [-0.25, -0.2) is 22.2 Å². The van der Waals surface area contributed by atoms with Gasteiger partial charge in [0.1, 0.15) is 11.5 Å². The molecule has 0 saturated heterocycles. The van der Waals surface area contributed by atoms with Crippen molar-refractivity contribution < 1.29 is 17.4 Å². The Bertz CT molecular complexity index is 837. The van der Waals surface area contributed by atoms with E-state index in [1.54, 1.807) is 0 Å². The quantitative estimate of drug-likeness (QED) is 0.576. The Balaban J connectivity index is 2.22. The summed E-state index contributed by atoms with van der Waals surface area (Å²) in [5.41, 5.74) is 1.08. The van der Waals surface area contributed by atoms with Gasteiger partial charge in [-0.05, 0) is 39.3 Å². The van der Waals surface area contributed by atoms with Gasteiger partial charge in [-0.3, -0.25) is 4.99 Å². The molecule has 1 aromatic heterocycles. The molecule has 0 aliphatic rings. The average molecular weight is 406 g/mol. The molecule has 0 unspecified atom stereocenters. The number of amidine groups is 1. The van der Waals surface area contributed by atoms with Gasteiger partial charge in [0.2, 0.25) is 10.0 Å². The average Bonchev–Trinajstić information content (AvgIpc) is 2.94. The van der Waals surface area contributed by atoms with Gasteiger partial charge in [0.25, 0.3) is 0 Å². The number of hydrogen-bond acceptors (Lipinski definition) is 6. The number of sulfonamides is 1. The predicted octanol–water partition coefficient (Wildman–Crippen LogP) is 1.51. The highest BCUT2D eigenvalue weighted by atomic mass is 79.9. The smallest absolute Gasteiger partial charge is 0.209 e. The summed E-state index contributed by atoms with van der Waals surface area (Å²) in [7, 11) is -1.87. The molecule has 0 aliphatic carbocycles. The van der Waals surface area contributed by atoms with Gasteiger partial charge >= 0.3 is 0 Å². The normalized spacial score (nSPS) is 12.4. The molecule has 0 spiro atoms. The van der Waals surface area contributed by atoms with Gasteiger partial charge in [-0.1, -0.05) is 5.16 Å². The first-order valence-corrected chi connectivity index (χ1v) is 8.94. The van der Waals surface area contributed by atoms with Crippen molar-refractivity contribution in [2.75, 3.05) is 18.6 Å². The number of aromatic nitrogens is 2. The van der Waals surface area contributed by atoms with Gasteiger partial charge in [0.15, 0.2) is 11.5 Å². The van der Waals surface area contributed by atoms with E-state index < -0.39 is 15.8 Å². The highest BCUT2D eigenvalue weighted by Gasteiger charge is 2.17. The van der Waals surface area contributed by atoms with Crippen LogP contribution < -0.4 is 10.0 Å². The number of nitrogens with one attached hydrogen (secondary N) is 2. The van der Waals surface area contributed by atoms with Crippen molar-refractivity contribution in [3.63, 3.8) is 0 Å². The summed E-state index contributed by atoms with van der Waals surface area (Å²) in [6, 6.07) is 4.34. The molecule has 0 bridgehead atoms. The zero-order chi connectivity index (χ0) is 17.0. The largest absolute Gasteiger partial charge is 0.339 e. The first-order valence-electron chi connectivity index (χ1n) is 6.25. The van der Waals surface area contributed by atoms with Gasteiger partial charge < -0.3 is 5.32 Å². The van der Waals surface area contributed by atoms with E-state index in [4.69, 9.17) is 0 Å². The second-order valence-corrected chi connectivity index (χ2v) is 7.17. The Hall–Kier alpha value is -1.85. The molecule has 8 nitrogen and oxygen atoms in total. The molecule has 2 rings (SSSR count). The molecule has 0 atom stereocenters. The number of benzene rings is 1. The maximum atomic E-state index is 13.3. The van der Waals surface area contributed by atoms with E-state index in [0.717, 1.165) is 6.26 Å². The van der Waals surface area contributed by atoms with Crippen molar-refractivity contribution in [3.05, 3.63) is 39.9 Å². The van der Waals surface area contributed by atoms with E-state index >= 15 is 0 Å². The van der Waals surface area contributed by atoms with Crippen molar-refractivity contribution in [3.8, 4) is 0 Å². The minimum absolute atomic E-state index is 0.0918. The van der Waals surface area contributed by atoms with Crippen molar-refractivity contribution in [1.82, 2.24) is 15.0 Å². The Kier molecular flexibility index (Phi) is 5.44. The fraction of sp³-hybridized carbons (Fsp3) is 0.250. The summed E-state index contributed by atoms with van der Waals surface area (Å²) in [5.74, 6) is -0.0956. The van der Waals surface area contributed by atoms with E-state index in [1.165, 1.54) is 25.2 Å². The van der Waals surface area contributed by atoms with Crippen LogP contribution in [0.4, 0.5) is 10.1 Å². The van der Waals surface area contributed by atoms with E-state index in [2.05, 4.69) is 45.9 Å². The van der Waals surface area contributed by atoms with E-state index in [-0.39, 0.29) is 22.4 Å². The lowest BCUT2D eigenvalue weighted by atomic mass is 10.2. The van der Waals surface area contributed by atoms with Crippen LogP contribution in [-0.2, 0) is 16.6 Å². The Morgan fingerprint density at radius 2 is 2.17 bits per heavy atom. The highest BCUT2D eigenvalue weighted by Crippen LogP contribution is 2.20. The summed E-state index contributed by atoms with van der Waals surface area (Å²) >= 11 is 3.09. The summed E-state index contributed by atoms with van der Waals surface area (Å²) in [5, 5.41) is 10.3. The molecular formula is C12H13BrFN5O3S. The maximum Gasteiger partial charge on any atom is 0.209 e. The molecular weight excluding hydrogens is 393 g/mol. The van der Waals surface area contributed by atoms with E-state index in [0.29, 0.717) is 11.5 Å². The van der Waals surface area contributed by atoms with Gasteiger partial charge in [-0.2, -0.15) is 0 Å². The number of nitrogens with zero attached hydrogens (tertiary/aromatic N) is 3. The van der Waals surface area contributed by atoms with Crippen LogP contribution >= 0.6 is 15.9 Å². The summed E-state index contributed by atoms with van der Waals surface area (Å²) in [4.78, 5) is 4.04. The summed E-state index contributed by atoms with van der Waals surface area (Å²) in [6.07, 6.45) is 1.03.